The molecule has 164 valence electrons. The van der Waals surface area contributed by atoms with E-state index < -0.39 is 36.0 Å². The minimum absolute atomic E-state index is 0. The van der Waals surface area contributed by atoms with Crippen LogP contribution in [0.1, 0.15) is 60.8 Å². The van der Waals surface area contributed by atoms with Crippen LogP contribution >= 0.6 is 0 Å². The Kier molecular flexibility index (Phi) is 5.69. The lowest BCUT2D eigenvalue weighted by atomic mass is 10.1. The number of hydrogen-bond acceptors (Lipinski definition) is 8. The third-order valence-corrected chi connectivity index (χ3v) is 6.87. The average molecular weight is 405 g/mol. The molecule has 5 fully saturated rings. The number of aliphatic hydroxyl groups excluding tert-OH is 4. The van der Waals surface area contributed by atoms with Crippen molar-refractivity contribution < 1.29 is 39.4 Å². The quantitative estimate of drug-likeness (QED) is 0.536. The molecule has 3 unspecified atom stereocenters. The van der Waals surface area contributed by atoms with Crippen LogP contribution in [-0.2, 0) is 18.9 Å². The van der Waals surface area contributed by atoms with Crippen LogP contribution in [0.2, 0.25) is 0 Å². The standard InChI is InChI=1S/C11H18O4.C8H14O4.CH4/c1-4-6-5-11(6)8(12)7-9(15-11)14-10(2,3)13-7;1-2-4-3-8(4)6(10)5(9)7(11)12-8;/h6-9,12H,4-5H2,1-3H3;4-7,9-11H,2-3H2,1H3;1H4/t6-,7+,8?,9+,11+;4-,5+,6?,7?,8+;/m11./s1. The molecule has 0 bridgehead atoms. The van der Waals surface area contributed by atoms with Crippen molar-refractivity contribution in [3.05, 3.63) is 0 Å². The maximum Gasteiger partial charge on any atom is 0.190 e. The SMILES string of the molecule is C.CC[C@@H]1C[C@]12OC(O)[C@@H](O)C2O.CC[C@@H]1C[C@]12O[C@@H]1OC(C)(C)O[C@H]1C2O. The van der Waals surface area contributed by atoms with Crippen LogP contribution in [0.4, 0.5) is 0 Å². The van der Waals surface area contributed by atoms with Gasteiger partial charge in [0, 0.05) is 0 Å². The third-order valence-electron chi connectivity index (χ3n) is 6.87. The van der Waals surface area contributed by atoms with E-state index >= 15 is 0 Å². The van der Waals surface area contributed by atoms with Crippen molar-refractivity contribution in [2.75, 3.05) is 0 Å². The molecule has 0 amide bonds. The summed E-state index contributed by atoms with van der Waals surface area (Å²) < 4.78 is 22.2. The number of aliphatic hydroxyl groups is 4. The summed E-state index contributed by atoms with van der Waals surface area (Å²) in [6.07, 6.45) is -0.854. The van der Waals surface area contributed by atoms with Crippen molar-refractivity contribution in [3.63, 3.8) is 0 Å². The second kappa shape index (κ2) is 7.13. The molecule has 0 aromatic heterocycles. The van der Waals surface area contributed by atoms with Gasteiger partial charge in [0.15, 0.2) is 18.4 Å². The van der Waals surface area contributed by atoms with Gasteiger partial charge in [-0.25, -0.2) is 0 Å². The molecular weight excluding hydrogens is 368 g/mol. The van der Waals surface area contributed by atoms with Crippen molar-refractivity contribution >= 4 is 0 Å². The largest absolute Gasteiger partial charge is 0.387 e. The highest BCUT2D eigenvalue weighted by molar-refractivity contribution is 5.17. The van der Waals surface area contributed by atoms with E-state index in [1.54, 1.807) is 0 Å². The van der Waals surface area contributed by atoms with Crippen LogP contribution in [0.3, 0.4) is 0 Å². The first-order valence-corrected chi connectivity index (χ1v) is 10.0. The molecule has 3 aliphatic heterocycles. The average Bonchev–Trinajstić information content (AvgIpc) is 3.44. The predicted octanol–water partition coefficient (Wildman–Crippen LogP) is 0.885. The number of hydrogen-bond donors (Lipinski definition) is 4. The first kappa shape index (κ1) is 22.4. The summed E-state index contributed by atoms with van der Waals surface area (Å²) in [6.45, 7) is 7.82. The summed E-state index contributed by atoms with van der Waals surface area (Å²) >= 11 is 0. The van der Waals surface area contributed by atoms with Gasteiger partial charge in [-0.1, -0.05) is 34.1 Å². The predicted molar refractivity (Wildman–Crippen MR) is 99.0 cm³/mol. The highest BCUT2D eigenvalue weighted by Crippen LogP contribution is 2.59. The van der Waals surface area contributed by atoms with Gasteiger partial charge in [-0.2, -0.15) is 0 Å². The van der Waals surface area contributed by atoms with Crippen LogP contribution < -0.4 is 0 Å². The zero-order chi connectivity index (χ0) is 19.8. The van der Waals surface area contributed by atoms with Crippen molar-refractivity contribution in [2.24, 2.45) is 11.8 Å². The second-order valence-electron chi connectivity index (χ2n) is 9.00. The zero-order valence-corrected chi connectivity index (χ0v) is 16.4. The fraction of sp³-hybridized carbons (Fsp3) is 1.00. The van der Waals surface area contributed by atoms with E-state index in [2.05, 4.69) is 6.92 Å². The molecule has 2 spiro atoms. The highest BCUT2D eigenvalue weighted by Gasteiger charge is 2.71. The number of ether oxygens (including phenoxy) is 4. The van der Waals surface area contributed by atoms with E-state index in [1.165, 1.54) is 0 Å². The van der Waals surface area contributed by atoms with Gasteiger partial charge in [0.1, 0.15) is 35.6 Å². The smallest absolute Gasteiger partial charge is 0.190 e. The molecule has 8 nitrogen and oxygen atoms in total. The lowest BCUT2D eigenvalue weighted by Crippen LogP contribution is -2.36. The van der Waals surface area contributed by atoms with E-state index in [1.807, 2.05) is 20.8 Å². The molecule has 0 aromatic carbocycles. The molecule has 0 radical (unpaired) electrons. The first-order chi connectivity index (χ1) is 12.6. The van der Waals surface area contributed by atoms with Gasteiger partial charge in [0.25, 0.3) is 0 Å². The van der Waals surface area contributed by atoms with E-state index in [4.69, 9.17) is 24.1 Å². The van der Waals surface area contributed by atoms with Gasteiger partial charge in [-0.3, -0.25) is 0 Å². The van der Waals surface area contributed by atoms with Gasteiger partial charge < -0.3 is 39.4 Å². The van der Waals surface area contributed by atoms with Gasteiger partial charge in [0.2, 0.25) is 0 Å². The topological polar surface area (TPSA) is 118 Å². The van der Waals surface area contributed by atoms with Gasteiger partial charge in [0.05, 0.1) is 0 Å². The Morgan fingerprint density at radius 3 is 1.71 bits per heavy atom. The summed E-state index contributed by atoms with van der Waals surface area (Å²) in [7, 11) is 0. The van der Waals surface area contributed by atoms with Crippen LogP contribution in [0.5, 0.6) is 0 Å². The molecule has 28 heavy (non-hydrogen) atoms. The van der Waals surface area contributed by atoms with Crippen molar-refractivity contribution in [1.82, 2.24) is 0 Å². The summed E-state index contributed by atoms with van der Waals surface area (Å²) in [6, 6.07) is 0. The third kappa shape index (κ3) is 3.22. The Bertz CT molecular complexity index is 585. The monoisotopic (exact) mass is 404 g/mol. The molecule has 3 saturated heterocycles. The van der Waals surface area contributed by atoms with Crippen molar-refractivity contribution in [1.29, 1.82) is 0 Å². The van der Waals surface area contributed by atoms with Crippen molar-refractivity contribution in [3.8, 4) is 0 Å². The Balaban J connectivity index is 0.000000159. The lowest BCUT2D eigenvalue weighted by Gasteiger charge is -2.23. The fourth-order valence-corrected chi connectivity index (χ4v) is 5.08. The van der Waals surface area contributed by atoms with Crippen molar-refractivity contribution in [2.45, 2.75) is 115 Å². The molecule has 5 rings (SSSR count). The molecule has 3 heterocycles. The Morgan fingerprint density at radius 1 is 0.786 bits per heavy atom. The Morgan fingerprint density at radius 2 is 1.32 bits per heavy atom. The minimum atomic E-state index is -1.21. The van der Waals surface area contributed by atoms with E-state index in [0.29, 0.717) is 11.8 Å². The normalized spacial score (nSPS) is 54.9. The Labute approximate surface area is 166 Å². The summed E-state index contributed by atoms with van der Waals surface area (Å²) in [5, 5.41) is 38.1. The summed E-state index contributed by atoms with van der Waals surface area (Å²) in [4.78, 5) is 0. The summed E-state index contributed by atoms with van der Waals surface area (Å²) in [5.41, 5.74) is -0.992. The molecule has 4 N–H and O–H groups in total. The number of fused-ring (bicyclic) bond motifs is 1. The molecule has 2 aliphatic carbocycles. The molecule has 10 atom stereocenters. The molecule has 5 aliphatic rings. The van der Waals surface area contributed by atoms with Gasteiger partial charge in [-0.15, -0.1) is 0 Å². The van der Waals surface area contributed by atoms with Crippen LogP contribution in [0.25, 0.3) is 0 Å². The summed E-state index contributed by atoms with van der Waals surface area (Å²) in [5.74, 6) is 0.127. The lowest BCUT2D eigenvalue weighted by molar-refractivity contribution is -0.222. The first-order valence-electron chi connectivity index (χ1n) is 10.0. The number of rotatable bonds is 2. The van der Waals surface area contributed by atoms with E-state index in [9.17, 15) is 15.3 Å². The van der Waals surface area contributed by atoms with Crippen LogP contribution in [0, 0.1) is 11.8 Å². The fourth-order valence-electron chi connectivity index (χ4n) is 5.08. The zero-order valence-electron chi connectivity index (χ0n) is 16.4. The van der Waals surface area contributed by atoms with Gasteiger partial charge >= 0.3 is 0 Å². The van der Waals surface area contributed by atoms with Gasteiger partial charge in [-0.05, 0) is 38.5 Å². The molecular formula is C20H36O8. The van der Waals surface area contributed by atoms with Crippen LogP contribution in [0.15, 0.2) is 0 Å². The highest BCUT2D eigenvalue weighted by atomic mass is 16.8. The minimum Gasteiger partial charge on any atom is -0.387 e. The maximum absolute atomic E-state index is 10.2. The second-order valence-corrected chi connectivity index (χ2v) is 9.00. The molecule has 2 saturated carbocycles. The molecule has 8 heteroatoms. The maximum atomic E-state index is 10.2. The van der Waals surface area contributed by atoms with Crippen LogP contribution in [-0.4, -0.2) is 74.4 Å². The Hall–Kier alpha value is -0.320. The van der Waals surface area contributed by atoms with E-state index in [-0.39, 0.29) is 25.4 Å². The molecule has 0 aromatic rings. The van der Waals surface area contributed by atoms with E-state index in [0.717, 1.165) is 25.7 Å².